The molecule has 0 amide bonds. The van der Waals surface area contributed by atoms with E-state index in [1.807, 2.05) is 6.56 Å². The molecule has 22 heavy (non-hydrogen) atoms. The van der Waals surface area contributed by atoms with Gasteiger partial charge < -0.3 is 0 Å². The summed E-state index contributed by atoms with van der Waals surface area (Å²) in [6, 6.07) is 0. The van der Waals surface area contributed by atoms with Crippen LogP contribution in [0.5, 0.6) is 0 Å². The van der Waals surface area contributed by atoms with Crippen molar-refractivity contribution in [2.24, 2.45) is 16.2 Å². The van der Waals surface area contributed by atoms with Crippen LogP contribution in [0.1, 0.15) is 68.7 Å². The molecule has 3 aliphatic carbocycles. The molecule has 3 aliphatic rings. The van der Waals surface area contributed by atoms with Crippen molar-refractivity contribution in [2.75, 3.05) is 0 Å². The van der Waals surface area contributed by atoms with Crippen molar-refractivity contribution in [1.29, 1.82) is 0 Å². The molecule has 0 radical (unpaired) electrons. The average Bonchev–Trinajstić information content (AvgIpc) is 2.90. The van der Waals surface area contributed by atoms with Gasteiger partial charge in [0, 0.05) is 0 Å². The molecule has 118 valence electrons. The van der Waals surface area contributed by atoms with Crippen molar-refractivity contribution < 1.29 is 23.2 Å². The fourth-order valence-corrected chi connectivity index (χ4v) is 9.35. The van der Waals surface area contributed by atoms with Crippen molar-refractivity contribution in [3.63, 3.8) is 0 Å². The van der Waals surface area contributed by atoms with Gasteiger partial charge in [0.25, 0.3) is 0 Å². The zero-order chi connectivity index (χ0) is 16.7. The Morgan fingerprint density at radius 1 is 0.864 bits per heavy atom. The van der Waals surface area contributed by atoms with E-state index in [2.05, 4.69) is 68.4 Å². The molecule has 0 nitrogen and oxygen atoms in total. The summed E-state index contributed by atoms with van der Waals surface area (Å²) in [4.78, 5) is 0. The van der Waals surface area contributed by atoms with Crippen LogP contribution in [-0.4, -0.2) is 0 Å². The fraction of sp³-hybridized carbons (Fsp3) is 0.619. The zero-order valence-corrected chi connectivity index (χ0v) is 18.2. The molecule has 0 aromatic carbocycles. The molecule has 3 rings (SSSR count). The number of hydrogen-bond acceptors (Lipinski definition) is 0. The molecule has 0 atom stereocenters. The Kier molecular flexibility index (Phi) is 3.56. The summed E-state index contributed by atoms with van der Waals surface area (Å²) in [5, 5.41) is 0. The van der Waals surface area contributed by atoms with Crippen LogP contribution in [-0.2, 0) is 23.2 Å². The van der Waals surface area contributed by atoms with Gasteiger partial charge in [-0.2, -0.15) is 0 Å². The Hall–Kier alpha value is -0.157. The Morgan fingerprint density at radius 2 is 1.45 bits per heavy atom. The van der Waals surface area contributed by atoms with E-state index in [4.69, 9.17) is 0 Å². The van der Waals surface area contributed by atoms with E-state index in [-0.39, 0.29) is 0 Å². The first-order valence-corrected chi connectivity index (χ1v) is 11.0. The van der Waals surface area contributed by atoms with Gasteiger partial charge in [-0.15, -0.1) is 0 Å². The normalized spacial score (nSPS) is 28.0. The molecule has 1 heteroatoms. The molecule has 0 bridgehead atoms. The Balaban J connectivity index is 1.98. The topological polar surface area (TPSA) is 0 Å². The fourth-order valence-electron chi connectivity index (χ4n) is 4.55. The van der Waals surface area contributed by atoms with Gasteiger partial charge in [0.05, 0.1) is 0 Å². The summed E-state index contributed by atoms with van der Waals surface area (Å²) >= 11 is -0.667. The van der Waals surface area contributed by atoms with Crippen molar-refractivity contribution in [2.45, 2.75) is 68.7 Å². The van der Waals surface area contributed by atoms with E-state index in [1.165, 1.54) is 6.42 Å². The summed E-state index contributed by atoms with van der Waals surface area (Å²) in [6.45, 7) is 21.7. The maximum absolute atomic E-state index is 2.54. The first-order valence-electron chi connectivity index (χ1n) is 8.55. The molecule has 0 aliphatic heterocycles. The van der Waals surface area contributed by atoms with E-state index < -0.39 is 23.2 Å². The molecule has 0 spiro atoms. The van der Waals surface area contributed by atoms with Crippen LogP contribution in [0.25, 0.3) is 0 Å². The van der Waals surface area contributed by atoms with Gasteiger partial charge in [-0.25, -0.2) is 0 Å². The zero-order valence-electron chi connectivity index (χ0n) is 15.8. The van der Waals surface area contributed by atoms with Gasteiger partial charge in [0.2, 0.25) is 0 Å². The molecule has 0 aromatic heterocycles. The SMILES string of the molecule is CC1=C(C)C(C)(C)[C]([Zr][C]2=C3C(=CC2)C(C)(C)C3(C)C)=C1C. The summed E-state index contributed by atoms with van der Waals surface area (Å²) in [5.41, 5.74) is 9.23. The number of hydrogen-bond donors (Lipinski definition) is 0. The van der Waals surface area contributed by atoms with Crippen molar-refractivity contribution in [1.82, 2.24) is 0 Å². The summed E-state index contributed by atoms with van der Waals surface area (Å²) in [7, 11) is 0. The van der Waals surface area contributed by atoms with Gasteiger partial charge in [-0.1, -0.05) is 0 Å². The summed E-state index contributed by atoms with van der Waals surface area (Å²) in [5.74, 6) is 0. The van der Waals surface area contributed by atoms with Gasteiger partial charge in [0.1, 0.15) is 0 Å². The standard InChI is InChI=1S/C11H15.C10H15.Zr/c1-10(2)8-6-5-7-9(8)11(10,3)4;1-7-6-10(4,5)9(3)8(7)2;/h6H,5H2,1-4H3;1-5H3;. The summed E-state index contributed by atoms with van der Waals surface area (Å²) in [6.07, 6.45) is 3.79. The maximum atomic E-state index is 2.54. The average molecular weight is 374 g/mol. The van der Waals surface area contributed by atoms with Crippen LogP contribution in [0.15, 0.2) is 40.5 Å². The van der Waals surface area contributed by atoms with Crippen LogP contribution in [0.4, 0.5) is 0 Å². The second-order valence-electron chi connectivity index (χ2n) is 8.93. The summed E-state index contributed by atoms with van der Waals surface area (Å²) < 4.78 is 3.68. The predicted molar refractivity (Wildman–Crippen MR) is 92.1 cm³/mol. The second kappa shape index (κ2) is 4.69. The first kappa shape index (κ1) is 16.7. The third-order valence-corrected chi connectivity index (χ3v) is 12.2. The monoisotopic (exact) mass is 372 g/mol. The van der Waals surface area contributed by atoms with Crippen molar-refractivity contribution in [3.05, 3.63) is 40.5 Å². The third-order valence-electron chi connectivity index (χ3n) is 7.28. The van der Waals surface area contributed by atoms with E-state index in [0.717, 1.165) is 0 Å². The van der Waals surface area contributed by atoms with Gasteiger partial charge in [-0.3, -0.25) is 0 Å². The second-order valence-corrected chi connectivity index (χ2v) is 12.3. The molecule has 0 unspecified atom stereocenters. The molecule has 0 saturated heterocycles. The van der Waals surface area contributed by atoms with Crippen LogP contribution in [0.2, 0.25) is 0 Å². The molecular formula is C21H30Zr. The first-order chi connectivity index (χ1) is 9.94. The van der Waals surface area contributed by atoms with Crippen LogP contribution in [0.3, 0.4) is 0 Å². The van der Waals surface area contributed by atoms with Crippen molar-refractivity contribution in [3.8, 4) is 0 Å². The number of rotatable bonds is 2. The molecule has 0 heterocycles. The predicted octanol–water partition coefficient (Wildman–Crippen LogP) is 6.37. The molecule has 1 fully saturated rings. The molecule has 0 N–H and O–H groups in total. The molecule has 1 saturated carbocycles. The van der Waals surface area contributed by atoms with Crippen LogP contribution in [0, 0.1) is 16.2 Å². The Morgan fingerprint density at radius 3 is 1.95 bits per heavy atom. The van der Waals surface area contributed by atoms with E-state index in [0.29, 0.717) is 16.2 Å². The van der Waals surface area contributed by atoms with Crippen LogP contribution >= 0.6 is 0 Å². The molecule has 0 aromatic rings. The molecular weight excluding hydrogens is 343 g/mol. The quantitative estimate of drug-likeness (QED) is 0.527. The Bertz CT molecular complexity index is 687. The van der Waals surface area contributed by atoms with E-state index >= 15 is 0 Å². The third kappa shape index (κ3) is 1.84. The van der Waals surface area contributed by atoms with Crippen LogP contribution < -0.4 is 0 Å². The van der Waals surface area contributed by atoms with Gasteiger partial charge >= 0.3 is 149 Å². The van der Waals surface area contributed by atoms with Crippen molar-refractivity contribution >= 4 is 0 Å². The van der Waals surface area contributed by atoms with Gasteiger partial charge in [0.15, 0.2) is 0 Å². The number of fused-ring (bicyclic) bond motifs is 1. The van der Waals surface area contributed by atoms with Gasteiger partial charge in [-0.05, 0) is 0 Å². The minimum absolute atomic E-state index is 0.306. The van der Waals surface area contributed by atoms with E-state index in [1.54, 1.807) is 27.9 Å². The van der Waals surface area contributed by atoms with E-state index in [9.17, 15) is 0 Å². The Labute approximate surface area is 148 Å². The minimum atomic E-state index is -0.667. The number of allylic oxidation sites excluding steroid dienone is 8.